The predicted molar refractivity (Wildman–Crippen MR) is 59.4 cm³/mol. The van der Waals surface area contributed by atoms with Gasteiger partial charge >= 0.3 is 0 Å². The molecular weight excluding hydrogens is 208 g/mol. The largest absolute Gasteiger partial charge is 0.496 e. The van der Waals surface area contributed by atoms with Gasteiger partial charge in [-0.3, -0.25) is 9.59 Å². The van der Waals surface area contributed by atoms with Crippen LogP contribution in [0, 0.1) is 0 Å². The fourth-order valence-electron chi connectivity index (χ4n) is 1.29. The van der Waals surface area contributed by atoms with Crippen molar-refractivity contribution in [1.29, 1.82) is 0 Å². The van der Waals surface area contributed by atoms with Crippen LogP contribution in [-0.4, -0.2) is 18.9 Å². The highest BCUT2D eigenvalue weighted by Gasteiger charge is 2.13. The Morgan fingerprint density at radius 2 is 1.88 bits per heavy atom. The van der Waals surface area contributed by atoms with Crippen molar-refractivity contribution in [2.45, 2.75) is 0 Å². The second kappa shape index (κ2) is 4.97. The maximum Gasteiger partial charge on any atom is 0.249 e. The van der Waals surface area contributed by atoms with Gasteiger partial charge < -0.3 is 16.2 Å². The van der Waals surface area contributed by atoms with E-state index in [-0.39, 0.29) is 5.57 Å². The van der Waals surface area contributed by atoms with Gasteiger partial charge in [-0.25, -0.2) is 0 Å². The molecule has 0 bridgehead atoms. The molecule has 16 heavy (non-hydrogen) atoms. The molecule has 0 atom stereocenters. The summed E-state index contributed by atoms with van der Waals surface area (Å²) in [5, 5.41) is 0. The first-order chi connectivity index (χ1) is 7.56. The lowest BCUT2D eigenvalue weighted by Gasteiger charge is -2.08. The number of benzene rings is 1. The van der Waals surface area contributed by atoms with Gasteiger partial charge in [0.05, 0.1) is 12.7 Å². The van der Waals surface area contributed by atoms with Gasteiger partial charge in [-0.15, -0.1) is 0 Å². The summed E-state index contributed by atoms with van der Waals surface area (Å²) in [5.74, 6) is -1.02. The number of carbonyl (C=O) groups is 2. The highest BCUT2D eigenvalue weighted by atomic mass is 16.5. The van der Waals surface area contributed by atoms with Gasteiger partial charge in [0.15, 0.2) is 0 Å². The van der Waals surface area contributed by atoms with Gasteiger partial charge in [-0.05, 0) is 6.07 Å². The van der Waals surface area contributed by atoms with Crippen LogP contribution in [0.4, 0.5) is 0 Å². The molecular formula is C11H12N2O3. The van der Waals surface area contributed by atoms with E-state index < -0.39 is 11.8 Å². The first-order valence-electron chi connectivity index (χ1n) is 4.50. The van der Waals surface area contributed by atoms with E-state index in [9.17, 15) is 9.59 Å². The number of para-hydroxylation sites is 1. The normalized spacial score (nSPS) is 10.9. The first-order valence-corrected chi connectivity index (χ1v) is 4.50. The molecule has 0 aliphatic heterocycles. The second-order valence-corrected chi connectivity index (χ2v) is 3.02. The van der Waals surface area contributed by atoms with Crippen molar-refractivity contribution < 1.29 is 14.3 Å². The Kier molecular flexibility index (Phi) is 3.66. The molecule has 1 aromatic rings. The van der Waals surface area contributed by atoms with Crippen molar-refractivity contribution in [1.82, 2.24) is 0 Å². The Bertz CT molecular complexity index is 452. The lowest BCUT2D eigenvalue weighted by Crippen LogP contribution is -2.17. The summed E-state index contributed by atoms with van der Waals surface area (Å²) in [6.07, 6.45) is 0.986. The zero-order valence-corrected chi connectivity index (χ0v) is 8.77. The van der Waals surface area contributed by atoms with E-state index in [1.807, 2.05) is 0 Å². The Morgan fingerprint density at radius 1 is 1.25 bits per heavy atom. The highest BCUT2D eigenvalue weighted by Crippen LogP contribution is 2.25. The molecule has 1 aromatic carbocycles. The van der Waals surface area contributed by atoms with Crippen molar-refractivity contribution in [3.05, 3.63) is 35.9 Å². The van der Waals surface area contributed by atoms with Crippen molar-refractivity contribution in [2.24, 2.45) is 11.5 Å². The molecule has 0 aliphatic carbocycles. The highest BCUT2D eigenvalue weighted by molar-refractivity contribution is 6.23. The summed E-state index contributed by atoms with van der Waals surface area (Å²) < 4.78 is 5.06. The molecule has 5 nitrogen and oxygen atoms in total. The van der Waals surface area contributed by atoms with E-state index >= 15 is 0 Å². The molecule has 0 unspecified atom stereocenters. The molecule has 2 amide bonds. The van der Waals surface area contributed by atoms with Crippen LogP contribution in [-0.2, 0) is 9.59 Å². The van der Waals surface area contributed by atoms with Gasteiger partial charge in [-0.2, -0.15) is 0 Å². The molecule has 4 N–H and O–H groups in total. The van der Waals surface area contributed by atoms with Crippen LogP contribution >= 0.6 is 0 Å². The summed E-state index contributed by atoms with van der Waals surface area (Å²) in [6, 6.07) is 6.73. The molecule has 0 saturated heterocycles. The van der Waals surface area contributed by atoms with Gasteiger partial charge in [-0.1, -0.05) is 18.2 Å². The molecule has 84 valence electrons. The number of amides is 2. The van der Waals surface area contributed by atoms with Gasteiger partial charge in [0.25, 0.3) is 0 Å². The van der Waals surface area contributed by atoms with Crippen molar-refractivity contribution in [3.8, 4) is 5.75 Å². The second-order valence-electron chi connectivity index (χ2n) is 3.02. The zero-order valence-electron chi connectivity index (χ0n) is 8.77. The molecule has 0 heterocycles. The Morgan fingerprint density at radius 3 is 2.38 bits per heavy atom. The van der Waals surface area contributed by atoms with Crippen LogP contribution in [0.5, 0.6) is 5.75 Å². The minimum Gasteiger partial charge on any atom is -0.496 e. The Hall–Kier alpha value is -2.30. The summed E-state index contributed by atoms with van der Waals surface area (Å²) in [7, 11) is 1.46. The Balaban J connectivity index is 3.32. The average Bonchev–Trinajstić information content (AvgIpc) is 2.25. The van der Waals surface area contributed by atoms with E-state index in [0.29, 0.717) is 11.3 Å². The third-order valence-corrected chi connectivity index (χ3v) is 1.95. The van der Waals surface area contributed by atoms with Crippen LogP contribution in [0.2, 0.25) is 0 Å². The number of methoxy groups -OCH3 is 1. The third kappa shape index (κ3) is 2.60. The fourth-order valence-corrected chi connectivity index (χ4v) is 1.29. The maximum atomic E-state index is 11.2. The lowest BCUT2D eigenvalue weighted by atomic mass is 10.0. The molecule has 0 saturated carbocycles. The zero-order chi connectivity index (χ0) is 12.1. The van der Waals surface area contributed by atoms with Crippen LogP contribution in [0.25, 0.3) is 5.57 Å². The van der Waals surface area contributed by atoms with E-state index in [4.69, 9.17) is 16.2 Å². The first kappa shape index (κ1) is 11.8. The van der Waals surface area contributed by atoms with Crippen LogP contribution in [0.1, 0.15) is 5.56 Å². The number of primary amides is 2. The summed E-state index contributed by atoms with van der Waals surface area (Å²) in [6.45, 7) is 0. The fraction of sp³-hybridized carbons (Fsp3) is 0.0909. The van der Waals surface area contributed by atoms with Gasteiger partial charge in [0.2, 0.25) is 11.8 Å². The average molecular weight is 220 g/mol. The number of hydrogen-bond donors (Lipinski definition) is 2. The molecule has 0 aliphatic rings. The SMILES string of the molecule is COc1ccccc1/C(=C/C(N)=O)C(N)=O. The van der Waals surface area contributed by atoms with Gasteiger partial charge in [0.1, 0.15) is 5.75 Å². The van der Waals surface area contributed by atoms with E-state index in [0.717, 1.165) is 6.08 Å². The topological polar surface area (TPSA) is 95.4 Å². The minimum absolute atomic E-state index is 0.0324. The van der Waals surface area contributed by atoms with Crippen molar-refractivity contribution >= 4 is 17.4 Å². The van der Waals surface area contributed by atoms with Crippen LogP contribution in [0.15, 0.2) is 30.3 Å². The lowest BCUT2D eigenvalue weighted by molar-refractivity contribution is -0.115. The Labute approximate surface area is 92.7 Å². The van der Waals surface area contributed by atoms with Gasteiger partial charge in [0, 0.05) is 11.6 Å². The third-order valence-electron chi connectivity index (χ3n) is 1.95. The van der Waals surface area contributed by atoms with E-state index in [2.05, 4.69) is 0 Å². The number of carbonyl (C=O) groups excluding carboxylic acids is 2. The van der Waals surface area contributed by atoms with Crippen LogP contribution < -0.4 is 16.2 Å². The quantitative estimate of drug-likeness (QED) is 0.702. The summed E-state index contributed by atoms with van der Waals surface area (Å²) in [5.41, 5.74) is 10.6. The number of hydrogen-bond acceptors (Lipinski definition) is 3. The number of ether oxygens (including phenoxy) is 1. The molecule has 1 rings (SSSR count). The standard InChI is InChI=1S/C11H12N2O3/c1-16-9-5-3-2-4-7(9)8(11(13)15)6-10(12)14/h2-6H,1H3,(H2,12,14)(H2,13,15)/b8-6-. The number of rotatable bonds is 4. The minimum atomic E-state index is -0.736. The monoisotopic (exact) mass is 220 g/mol. The number of nitrogens with two attached hydrogens (primary N) is 2. The van der Waals surface area contributed by atoms with Crippen LogP contribution in [0.3, 0.4) is 0 Å². The molecule has 5 heteroatoms. The summed E-state index contributed by atoms with van der Waals surface area (Å²) >= 11 is 0. The molecule has 0 fully saturated rings. The summed E-state index contributed by atoms with van der Waals surface area (Å²) in [4.78, 5) is 22.0. The van der Waals surface area contributed by atoms with E-state index in [1.165, 1.54) is 7.11 Å². The molecule has 0 spiro atoms. The molecule has 0 radical (unpaired) electrons. The van der Waals surface area contributed by atoms with Crippen molar-refractivity contribution in [3.63, 3.8) is 0 Å². The van der Waals surface area contributed by atoms with E-state index in [1.54, 1.807) is 24.3 Å². The smallest absolute Gasteiger partial charge is 0.249 e. The van der Waals surface area contributed by atoms with Crippen molar-refractivity contribution in [2.75, 3.05) is 7.11 Å². The molecule has 0 aromatic heterocycles. The predicted octanol–water partition coefficient (Wildman–Crippen LogP) is 0.0492. The maximum absolute atomic E-state index is 11.2.